The van der Waals surface area contributed by atoms with Crippen LogP contribution in [0.3, 0.4) is 0 Å². The van der Waals surface area contributed by atoms with E-state index in [4.69, 9.17) is 15.6 Å². The molecule has 5 heteroatoms. The summed E-state index contributed by atoms with van der Waals surface area (Å²) in [5, 5.41) is 11.1. The molecule has 3 N–H and O–H groups in total. The Balaban J connectivity index is 1.83. The molecule has 0 radical (unpaired) electrons. The molecule has 0 saturated carbocycles. The summed E-state index contributed by atoms with van der Waals surface area (Å²) in [5.74, 6) is -0.223. The van der Waals surface area contributed by atoms with Crippen LogP contribution < -0.4 is 5.73 Å². The minimum atomic E-state index is -0.690. The molecule has 2 aromatic rings. The van der Waals surface area contributed by atoms with Gasteiger partial charge in [-0.25, -0.2) is 0 Å². The van der Waals surface area contributed by atoms with Gasteiger partial charge in [-0.2, -0.15) is 0 Å². The molecular formula is C14H15NO3S. The van der Waals surface area contributed by atoms with Gasteiger partial charge in [0.25, 0.3) is 0 Å². The largest absolute Gasteiger partial charge is 0.508 e. The van der Waals surface area contributed by atoms with Crippen LogP contribution in [0, 0.1) is 0 Å². The fraction of sp³-hybridized carbons (Fsp3) is 0.214. The Morgan fingerprint density at radius 1 is 1.32 bits per heavy atom. The first-order chi connectivity index (χ1) is 9.15. The normalized spacial score (nSPS) is 12.1. The summed E-state index contributed by atoms with van der Waals surface area (Å²) in [6.07, 6.45) is 0.392. The Labute approximate surface area is 115 Å². The topological polar surface area (TPSA) is 72.5 Å². The molecule has 4 nitrogen and oxygen atoms in total. The predicted octanol–water partition coefficient (Wildman–Crippen LogP) is 2.07. The Morgan fingerprint density at radius 2 is 2.05 bits per heavy atom. The molecular weight excluding hydrogens is 262 g/mol. The van der Waals surface area contributed by atoms with Gasteiger partial charge in [-0.3, -0.25) is 4.79 Å². The predicted molar refractivity (Wildman–Crippen MR) is 73.9 cm³/mol. The van der Waals surface area contributed by atoms with Gasteiger partial charge in [-0.05, 0) is 35.6 Å². The minimum absolute atomic E-state index is 0.192. The third kappa shape index (κ3) is 4.08. The molecule has 0 aliphatic rings. The van der Waals surface area contributed by atoms with E-state index in [9.17, 15) is 4.79 Å². The van der Waals surface area contributed by atoms with Crippen LogP contribution >= 0.6 is 11.3 Å². The highest BCUT2D eigenvalue weighted by atomic mass is 32.1. The lowest BCUT2D eigenvalue weighted by Crippen LogP contribution is -2.34. The van der Waals surface area contributed by atoms with E-state index in [1.165, 1.54) is 11.3 Å². The molecule has 0 saturated heterocycles. The number of phenolic OH excluding ortho intramolecular Hbond substituents is 1. The van der Waals surface area contributed by atoms with Crippen molar-refractivity contribution in [3.8, 4) is 5.75 Å². The number of phenols is 1. The Kier molecular flexibility index (Phi) is 4.54. The van der Waals surface area contributed by atoms with E-state index in [1.807, 2.05) is 17.5 Å². The van der Waals surface area contributed by atoms with Crippen LogP contribution in [0.25, 0.3) is 0 Å². The van der Waals surface area contributed by atoms with E-state index < -0.39 is 12.0 Å². The van der Waals surface area contributed by atoms with Crippen molar-refractivity contribution >= 4 is 17.3 Å². The summed E-state index contributed by atoms with van der Waals surface area (Å²) in [6.45, 7) is 0.264. The van der Waals surface area contributed by atoms with Crippen LogP contribution in [0.15, 0.2) is 41.8 Å². The van der Waals surface area contributed by atoms with Crippen molar-refractivity contribution < 1.29 is 14.6 Å². The zero-order valence-corrected chi connectivity index (χ0v) is 11.1. The van der Waals surface area contributed by atoms with E-state index in [-0.39, 0.29) is 12.4 Å². The SMILES string of the molecule is N[C@H](Cc1ccc(O)cc1)C(=O)OCc1cccs1. The van der Waals surface area contributed by atoms with E-state index in [0.29, 0.717) is 6.42 Å². The van der Waals surface area contributed by atoms with Crippen molar-refractivity contribution in [2.45, 2.75) is 19.1 Å². The standard InChI is InChI=1S/C14H15NO3S/c15-13(8-10-3-5-11(16)6-4-10)14(17)18-9-12-2-1-7-19-12/h1-7,13,16H,8-9,15H2/t13-/m1/s1. The van der Waals surface area contributed by atoms with Gasteiger partial charge < -0.3 is 15.6 Å². The molecule has 0 unspecified atom stereocenters. The number of nitrogens with two attached hydrogens (primary N) is 1. The van der Waals surface area contributed by atoms with Crippen LogP contribution in [-0.2, 0) is 22.6 Å². The number of carbonyl (C=O) groups is 1. The average Bonchev–Trinajstić information content (AvgIpc) is 2.91. The zero-order valence-electron chi connectivity index (χ0n) is 10.3. The quantitative estimate of drug-likeness (QED) is 0.821. The van der Waals surface area contributed by atoms with Crippen LogP contribution in [0.5, 0.6) is 5.75 Å². The molecule has 2 rings (SSSR count). The number of thiophene rings is 1. The third-order valence-corrected chi connectivity index (χ3v) is 3.48. The molecule has 1 aromatic carbocycles. The summed E-state index contributed by atoms with van der Waals surface area (Å²) in [7, 11) is 0. The van der Waals surface area contributed by atoms with Crippen molar-refractivity contribution in [2.24, 2.45) is 5.73 Å². The highest BCUT2D eigenvalue weighted by Crippen LogP contribution is 2.12. The van der Waals surface area contributed by atoms with Crippen molar-refractivity contribution in [1.29, 1.82) is 0 Å². The second kappa shape index (κ2) is 6.36. The number of aromatic hydroxyl groups is 1. The smallest absolute Gasteiger partial charge is 0.323 e. The van der Waals surface area contributed by atoms with Gasteiger partial charge in [0.15, 0.2) is 0 Å². The summed E-state index contributed by atoms with van der Waals surface area (Å²) in [5.41, 5.74) is 6.68. The number of ether oxygens (including phenoxy) is 1. The van der Waals surface area contributed by atoms with Crippen LogP contribution in [-0.4, -0.2) is 17.1 Å². The molecule has 0 amide bonds. The summed E-state index contributed by atoms with van der Waals surface area (Å²) in [4.78, 5) is 12.7. The van der Waals surface area contributed by atoms with E-state index >= 15 is 0 Å². The van der Waals surface area contributed by atoms with E-state index in [2.05, 4.69) is 0 Å². The lowest BCUT2D eigenvalue weighted by molar-refractivity contribution is -0.146. The molecule has 100 valence electrons. The first-order valence-electron chi connectivity index (χ1n) is 5.87. The fourth-order valence-corrected chi connectivity index (χ4v) is 2.23. The highest BCUT2D eigenvalue weighted by Gasteiger charge is 2.15. The zero-order chi connectivity index (χ0) is 13.7. The lowest BCUT2D eigenvalue weighted by atomic mass is 10.1. The summed E-state index contributed by atoms with van der Waals surface area (Å²) in [6, 6.07) is 9.74. The third-order valence-electron chi connectivity index (χ3n) is 2.63. The van der Waals surface area contributed by atoms with E-state index in [0.717, 1.165) is 10.4 Å². The Bertz CT molecular complexity index is 522. The van der Waals surface area contributed by atoms with Crippen LogP contribution in [0.1, 0.15) is 10.4 Å². The van der Waals surface area contributed by atoms with E-state index in [1.54, 1.807) is 24.3 Å². The second-order valence-electron chi connectivity index (χ2n) is 4.16. The maximum atomic E-state index is 11.7. The summed E-state index contributed by atoms with van der Waals surface area (Å²) < 4.78 is 5.14. The summed E-state index contributed by atoms with van der Waals surface area (Å²) >= 11 is 1.54. The molecule has 0 aliphatic heterocycles. The van der Waals surface area contributed by atoms with Gasteiger partial charge in [0, 0.05) is 4.88 Å². The molecule has 19 heavy (non-hydrogen) atoms. The number of benzene rings is 1. The molecule has 1 heterocycles. The number of hydrogen-bond donors (Lipinski definition) is 2. The molecule has 0 fully saturated rings. The average molecular weight is 277 g/mol. The number of carbonyl (C=O) groups excluding carboxylic acids is 1. The molecule has 0 aliphatic carbocycles. The van der Waals surface area contributed by atoms with Gasteiger partial charge in [-0.1, -0.05) is 18.2 Å². The first kappa shape index (κ1) is 13.6. The van der Waals surface area contributed by atoms with Crippen molar-refractivity contribution in [3.63, 3.8) is 0 Å². The van der Waals surface area contributed by atoms with Crippen molar-refractivity contribution in [3.05, 3.63) is 52.2 Å². The van der Waals surface area contributed by atoms with Crippen molar-refractivity contribution in [2.75, 3.05) is 0 Å². The van der Waals surface area contributed by atoms with Gasteiger partial charge in [0.2, 0.25) is 0 Å². The number of esters is 1. The molecule has 0 spiro atoms. The van der Waals surface area contributed by atoms with Gasteiger partial charge in [-0.15, -0.1) is 11.3 Å². The van der Waals surface area contributed by atoms with Gasteiger partial charge >= 0.3 is 5.97 Å². The maximum Gasteiger partial charge on any atom is 0.323 e. The highest BCUT2D eigenvalue weighted by molar-refractivity contribution is 7.09. The van der Waals surface area contributed by atoms with Gasteiger partial charge in [0.05, 0.1) is 0 Å². The second-order valence-corrected chi connectivity index (χ2v) is 5.20. The minimum Gasteiger partial charge on any atom is -0.508 e. The molecule has 1 atom stereocenters. The monoisotopic (exact) mass is 277 g/mol. The van der Waals surface area contributed by atoms with Crippen LogP contribution in [0.2, 0.25) is 0 Å². The lowest BCUT2D eigenvalue weighted by Gasteiger charge is -2.11. The first-order valence-corrected chi connectivity index (χ1v) is 6.75. The van der Waals surface area contributed by atoms with Crippen LogP contribution in [0.4, 0.5) is 0 Å². The van der Waals surface area contributed by atoms with Gasteiger partial charge in [0.1, 0.15) is 18.4 Å². The van der Waals surface area contributed by atoms with Crippen molar-refractivity contribution in [1.82, 2.24) is 0 Å². The molecule has 0 bridgehead atoms. The molecule has 1 aromatic heterocycles. The maximum absolute atomic E-state index is 11.7. The number of hydrogen-bond acceptors (Lipinski definition) is 5. The Hall–Kier alpha value is -1.85. The number of rotatable bonds is 5. The Morgan fingerprint density at radius 3 is 2.68 bits per heavy atom. The fourth-order valence-electron chi connectivity index (χ4n) is 1.61.